The molecule has 4 rings (SSSR count). The molecule has 0 aromatic heterocycles. The van der Waals surface area contributed by atoms with E-state index in [-0.39, 0.29) is 12.5 Å². The highest BCUT2D eigenvalue weighted by Crippen LogP contribution is 2.22. The number of hydrogen-bond donors (Lipinski definition) is 1. The largest absolute Gasteiger partial charge is 0.484 e. The molecule has 3 aromatic rings. The van der Waals surface area contributed by atoms with Crippen molar-refractivity contribution in [3.8, 4) is 5.75 Å². The third-order valence-corrected chi connectivity index (χ3v) is 5.21. The van der Waals surface area contributed by atoms with Crippen molar-refractivity contribution < 1.29 is 9.53 Å². The lowest BCUT2D eigenvalue weighted by Gasteiger charge is -2.22. The first-order valence-corrected chi connectivity index (χ1v) is 10.0. The van der Waals surface area contributed by atoms with Gasteiger partial charge in [0.25, 0.3) is 5.91 Å². The van der Waals surface area contributed by atoms with E-state index in [1.54, 1.807) is 0 Å². The molecule has 28 heavy (non-hydrogen) atoms. The maximum absolute atomic E-state index is 12.2. The van der Waals surface area contributed by atoms with E-state index in [1.807, 2.05) is 48.5 Å². The Morgan fingerprint density at radius 2 is 1.57 bits per heavy atom. The van der Waals surface area contributed by atoms with Crippen LogP contribution < -0.4 is 15.0 Å². The van der Waals surface area contributed by atoms with Gasteiger partial charge in [0, 0.05) is 24.5 Å². The molecule has 0 aliphatic carbocycles. The smallest absolute Gasteiger partial charge is 0.262 e. The van der Waals surface area contributed by atoms with E-state index in [0.29, 0.717) is 5.75 Å². The summed E-state index contributed by atoms with van der Waals surface area (Å²) in [5.41, 5.74) is 2.03. The van der Waals surface area contributed by atoms with Crippen LogP contribution in [0.3, 0.4) is 0 Å². The van der Waals surface area contributed by atoms with Gasteiger partial charge >= 0.3 is 0 Å². The number of benzene rings is 3. The number of carbonyl (C=O) groups is 1. The fourth-order valence-corrected chi connectivity index (χ4v) is 3.69. The molecule has 3 aromatic carbocycles. The van der Waals surface area contributed by atoms with E-state index in [9.17, 15) is 4.79 Å². The molecule has 0 saturated carbocycles. The van der Waals surface area contributed by atoms with Crippen LogP contribution >= 0.6 is 0 Å². The number of nitrogens with one attached hydrogen (secondary N) is 1. The number of rotatable bonds is 5. The molecule has 1 heterocycles. The first-order chi connectivity index (χ1) is 13.8. The van der Waals surface area contributed by atoms with Gasteiger partial charge in [-0.1, -0.05) is 43.2 Å². The van der Waals surface area contributed by atoms with E-state index >= 15 is 0 Å². The predicted octanol–water partition coefficient (Wildman–Crippen LogP) is 5.24. The molecule has 1 saturated heterocycles. The van der Waals surface area contributed by atoms with E-state index < -0.39 is 0 Å². The minimum atomic E-state index is -0.157. The van der Waals surface area contributed by atoms with Crippen LogP contribution in [0.1, 0.15) is 25.7 Å². The van der Waals surface area contributed by atoms with Gasteiger partial charge in [-0.3, -0.25) is 4.79 Å². The predicted molar refractivity (Wildman–Crippen MR) is 115 cm³/mol. The van der Waals surface area contributed by atoms with Crippen LogP contribution in [0.25, 0.3) is 10.8 Å². The number of hydrogen-bond acceptors (Lipinski definition) is 3. The van der Waals surface area contributed by atoms with Crippen molar-refractivity contribution in [3.05, 3.63) is 66.7 Å². The molecule has 144 valence electrons. The second-order valence-corrected chi connectivity index (χ2v) is 7.29. The maximum atomic E-state index is 12.2. The molecule has 1 aliphatic rings. The minimum Gasteiger partial charge on any atom is -0.484 e. The van der Waals surface area contributed by atoms with Crippen LogP contribution in [0.5, 0.6) is 5.75 Å². The first kappa shape index (κ1) is 18.4. The van der Waals surface area contributed by atoms with E-state index in [1.165, 1.54) is 31.4 Å². The molecule has 0 bridgehead atoms. The average Bonchev–Trinajstić information content (AvgIpc) is 3.02. The van der Waals surface area contributed by atoms with E-state index in [4.69, 9.17) is 4.74 Å². The third kappa shape index (κ3) is 4.63. The minimum absolute atomic E-state index is 0.00772. The monoisotopic (exact) mass is 374 g/mol. The number of ether oxygens (including phenoxy) is 1. The van der Waals surface area contributed by atoms with E-state index in [0.717, 1.165) is 29.5 Å². The lowest BCUT2D eigenvalue weighted by molar-refractivity contribution is -0.118. The van der Waals surface area contributed by atoms with Crippen LogP contribution in [-0.4, -0.2) is 25.6 Å². The first-order valence-electron chi connectivity index (χ1n) is 10.0. The highest BCUT2D eigenvalue weighted by molar-refractivity contribution is 5.92. The Kier molecular flexibility index (Phi) is 5.76. The second kappa shape index (κ2) is 8.79. The molecule has 1 aliphatic heterocycles. The van der Waals surface area contributed by atoms with Crippen molar-refractivity contribution in [1.29, 1.82) is 0 Å². The molecule has 0 atom stereocenters. The summed E-state index contributed by atoms with van der Waals surface area (Å²) in [6.07, 6.45) is 5.15. The summed E-state index contributed by atoms with van der Waals surface area (Å²) in [5.74, 6) is 0.543. The summed E-state index contributed by atoms with van der Waals surface area (Å²) in [4.78, 5) is 14.7. The summed E-state index contributed by atoms with van der Waals surface area (Å²) in [6, 6.07) is 22.1. The number of nitrogens with zero attached hydrogens (tertiary/aromatic N) is 1. The molecule has 1 fully saturated rings. The fourth-order valence-electron chi connectivity index (χ4n) is 3.69. The van der Waals surface area contributed by atoms with Gasteiger partial charge in [0.05, 0.1) is 0 Å². The molecule has 0 spiro atoms. The van der Waals surface area contributed by atoms with Gasteiger partial charge in [-0.05, 0) is 60.0 Å². The number of anilines is 2. The number of carbonyl (C=O) groups excluding carboxylic acids is 1. The van der Waals surface area contributed by atoms with Crippen molar-refractivity contribution in [2.24, 2.45) is 0 Å². The quantitative estimate of drug-likeness (QED) is 0.664. The number of fused-ring (bicyclic) bond motifs is 1. The van der Waals surface area contributed by atoms with Gasteiger partial charge in [-0.15, -0.1) is 0 Å². The van der Waals surface area contributed by atoms with Gasteiger partial charge in [-0.2, -0.15) is 0 Å². The number of amides is 1. The Balaban J connectivity index is 1.31. The van der Waals surface area contributed by atoms with Crippen LogP contribution in [0, 0.1) is 0 Å². The van der Waals surface area contributed by atoms with Crippen LogP contribution in [0.15, 0.2) is 66.7 Å². The van der Waals surface area contributed by atoms with Crippen molar-refractivity contribution in [2.45, 2.75) is 25.7 Å². The zero-order chi connectivity index (χ0) is 19.2. The highest BCUT2D eigenvalue weighted by Gasteiger charge is 2.10. The van der Waals surface area contributed by atoms with Gasteiger partial charge in [0.1, 0.15) is 5.75 Å². The normalized spacial score (nSPS) is 14.5. The van der Waals surface area contributed by atoms with Crippen molar-refractivity contribution in [2.75, 3.05) is 29.9 Å². The van der Waals surface area contributed by atoms with Gasteiger partial charge in [0.2, 0.25) is 0 Å². The summed E-state index contributed by atoms with van der Waals surface area (Å²) >= 11 is 0. The SMILES string of the molecule is O=C(COc1ccc2ccccc2c1)Nc1ccc(N2CCCCCC2)cc1. The van der Waals surface area contributed by atoms with Crippen molar-refractivity contribution in [3.63, 3.8) is 0 Å². The molecular formula is C24H26N2O2. The standard InChI is InChI=1S/C24H26N2O2/c27-24(18-28-23-14-9-19-7-3-4-8-20(19)17-23)25-21-10-12-22(13-11-21)26-15-5-1-2-6-16-26/h3-4,7-14,17H,1-2,5-6,15-16,18H2,(H,25,27). The van der Waals surface area contributed by atoms with Crippen LogP contribution in [-0.2, 0) is 4.79 Å². The van der Waals surface area contributed by atoms with Crippen molar-refractivity contribution >= 4 is 28.1 Å². The Hall–Kier alpha value is -3.01. The molecule has 1 amide bonds. The van der Waals surface area contributed by atoms with Crippen LogP contribution in [0.2, 0.25) is 0 Å². The summed E-state index contributed by atoms with van der Waals surface area (Å²) < 4.78 is 5.66. The lowest BCUT2D eigenvalue weighted by atomic mass is 10.1. The maximum Gasteiger partial charge on any atom is 0.262 e. The van der Waals surface area contributed by atoms with Gasteiger partial charge in [-0.25, -0.2) is 0 Å². The fraction of sp³-hybridized carbons (Fsp3) is 0.292. The topological polar surface area (TPSA) is 41.6 Å². The molecule has 1 N–H and O–H groups in total. The molecule has 0 unspecified atom stereocenters. The average molecular weight is 374 g/mol. The molecule has 0 radical (unpaired) electrons. The lowest BCUT2D eigenvalue weighted by Crippen LogP contribution is -2.24. The third-order valence-electron chi connectivity index (χ3n) is 5.21. The Morgan fingerprint density at radius 1 is 0.857 bits per heavy atom. The van der Waals surface area contributed by atoms with E-state index in [2.05, 4.69) is 28.4 Å². The van der Waals surface area contributed by atoms with Gasteiger partial charge in [0.15, 0.2) is 6.61 Å². The summed E-state index contributed by atoms with van der Waals surface area (Å²) in [6.45, 7) is 2.23. The molecular weight excluding hydrogens is 348 g/mol. The summed E-state index contributed by atoms with van der Waals surface area (Å²) in [5, 5.41) is 5.17. The second-order valence-electron chi connectivity index (χ2n) is 7.29. The molecule has 4 heteroatoms. The Morgan fingerprint density at radius 3 is 2.32 bits per heavy atom. The van der Waals surface area contributed by atoms with Crippen LogP contribution in [0.4, 0.5) is 11.4 Å². The Labute approximate surface area is 166 Å². The summed E-state index contributed by atoms with van der Waals surface area (Å²) in [7, 11) is 0. The highest BCUT2D eigenvalue weighted by atomic mass is 16.5. The van der Waals surface area contributed by atoms with Crippen molar-refractivity contribution in [1.82, 2.24) is 0 Å². The van der Waals surface area contributed by atoms with Gasteiger partial charge < -0.3 is 15.0 Å². The Bertz CT molecular complexity index is 929. The zero-order valence-corrected chi connectivity index (χ0v) is 16.1. The molecule has 4 nitrogen and oxygen atoms in total. The zero-order valence-electron chi connectivity index (χ0n) is 16.1.